The molecule has 1 amide bonds. The lowest BCUT2D eigenvalue weighted by Gasteiger charge is -2.23. The largest absolute Gasteiger partial charge is 0.435 e. The van der Waals surface area contributed by atoms with Gasteiger partial charge >= 0.3 is 5.97 Å². The van der Waals surface area contributed by atoms with Crippen LogP contribution >= 0.6 is 0 Å². The number of carbonyl (C=O) groups excluding carboxylic acids is 2. The molecule has 34 heavy (non-hydrogen) atoms. The van der Waals surface area contributed by atoms with Crippen LogP contribution in [0.15, 0.2) is 58.6 Å². The first-order valence-electron chi connectivity index (χ1n) is 12.0. The van der Waals surface area contributed by atoms with E-state index in [9.17, 15) is 9.59 Å². The molecular weight excluding hydrogens is 430 g/mol. The van der Waals surface area contributed by atoms with Gasteiger partial charge in [0.05, 0.1) is 17.4 Å². The van der Waals surface area contributed by atoms with Gasteiger partial charge in [-0.25, -0.2) is 4.79 Å². The Morgan fingerprint density at radius 3 is 2.44 bits per heavy atom. The van der Waals surface area contributed by atoms with E-state index in [4.69, 9.17) is 20.2 Å². The monoisotopic (exact) mass is 465 g/mol. The molecule has 0 saturated heterocycles. The number of benzene rings is 1. The van der Waals surface area contributed by atoms with E-state index in [0.29, 0.717) is 36.4 Å². The summed E-state index contributed by atoms with van der Waals surface area (Å²) in [5, 5.41) is 0. The molecule has 2 N–H and O–H groups in total. The first-order chi connectivity index (χ1) is 16.5. The highest BCUT2D eigenvalue weighted by Gasteiger charge is 2.26. The molecule has 0 spiro atoms. The predicted octanol–water partition coefficient (Wildman–Crippen LogP) is 4.26. The summed E-state index contributed by atoms with van der Waals surface area (Å²) in [5.41, 5.74) is 10.5. The Kier molecular flexibility index (Phi) is 9.22. The lowest BCUT2D eigenvalue weighted by Crippen LogP contribution is -2.34. The molecular formula is C27H35N3O4. The second-order valence-corrected chi connectivity index (χ2v) is 8.46. The van der Waals surface area contributed by atoms with Crippen LogP contribution in [-0.4, -0.2) is 55.1 Å². The van der Waals surface area contributed by atoms with E-state index in [2.05, 4.69) is 19.9 Å². The number of carbonyl (C=O) groups is 2. The van der Waals surface area contributed by atoms with Gasteiger partial charge in [0, 0.05) is 31.7 Å². The molecule has 1 aromatic carbocycles. The van der Waals surface area contributed by atoms with Gasteiger partial charge in [0.15, 0.2) is 6.79 Å². The van der Waals surface area contributed by atoms with E-state index < -0.39 is 5.97 Å². The zero-order valence-corrected chi connectivity index (χ0v) is 20.4. The molecule has 2 aliphatic rings. The first kappa shape index (κ1) is 25.4. The molecule has 1 aromatic rings. The number of hydrogen-bond acceptors (Lipinski definition) is 6. The van der Waals surface area contributed by atoms with Gasteiger partial charge in [-0.1, -0.05) is 38.1 Å². The first-order valence-corrected chi connectivity index (χ1v) is 12.0. The number of esters is 1. The number of nitrogens with two attached hydrogens (primary N) is 1. The van der Waals surface area contributed by atoms with Gasteiger partial charge in [-0.2, -0.15) is 0 Å². The Labute approximate surface area is 202 Å². The summed E-state index contributed by atoms with van der Waals surface area (Å²) in [7, 11) is 0. The van der Waals surface area contributed by atoms with Crippen molar-refractivity contribution in [1.29, 1.82) is 0 Å². The van der Waals surface area contributed by atoms with E-state index in [1.807, 2.05) is 36.1 Å². The topological polar surface area (TPSA) is 94.2 Å². The van der Waals surface area contributed by atoms with E-state index in [1.165, 1.54) is 0 Å². The molecule has 1 atom stereocenters. The van der Waals surface area contributed by atoms with Crippen LogP contribution in [0.4, 0.5) is 0 Å². The number of hydrogen-bond donors (Lipinski definition) is 1. The van der Waals surface area contributed by atoms with Crippen LogP contribution in [0.25, 0.3) is 5.57 Å². The average molecular weight is 466 g/mol. The van der Waals surface area contributed by atoms with E-state index in [-0.39, 0.29) is 18.7 Å². The second kappa shape index (κ2) is 12.3. The zero-order valence-electron chi connectivity index (χ0n) is 20.4. The maximum absolute atomic E-state index is 13.2. The van der Waals surface area contributed by atoms with Gasteiger partial charge in [0.25, 0.3) is 0 Å². The van der Waals surface area contributed by atoms with Crippen molar-refractivity contribution in [2.45, 2.75) is 52.5 Å². The maximum atomic E-state index is 13.2. The van der Waals surface area contributed by atoms with E-state index in [0.717, 1.165) is 42.6 Å². The minimum Gasteiger partial charge on any atom is -0.435 e. The number of amides is 1. The van der Waals surface area contributed by atoms with E-state index >= 15 is 0 Å². The lowest BCUT2D eigenvalue weighted by molar-refractivity contribution is -0.127. The third kappa shape index (κ3) is 6.44. The van der Waals surface area contributed by atoms with Crippen LogP contribution < -0.4 is 5.73 Å². The van der Waals surface area contributed by atoms with Crippen molar-refractivity contribution in [1.82, 2.24) is 4.90 Å². The van der Waals surface area contributed by atoms with Crippen molar-refractivity contribution in [2.75, 3.05) is 26.5 Å². The molecule has 0 radical (unpaired) electrons. The summed E-state index contributed by atoms with van der Waals surface area (Å²) < 4.78 is 10.1. The third-order valence-electron chi connectivity index (χ3n) is 5.83. The number of allylic oxidation sites excluding steroid dienone is 2. The Bertz CT molecular complexity index is 999. The highest BCUT2D eigenvalue weighted by atomic mass is 16.7. The van der Waals surface area contributed by atoms with Crippen molar-refractivity contribution in [3.63, 3.8) is 0 Å². The average Bonchev–Trinajstić information content (AvgIpc) is 3.01. The molecule has 3 rings (SSSR count). The van der Waals surface area contributed by atoms with Crippen LogP contribution in [0, 0.1) is 0 Å². The van der Waals surface area contributed by atoms with Gasteiger partial charge in [0.1, 0.15) is 0 Å². The number of rotatable bonds is 10. The third-order valence-corrected chi connectivity index (χ3v) is 5.83. The minimum absolute atomic E-state index is 0.0463. The summed E-state index contributed by atoms with van der Waals surface area (Å²) in [6, 6.07) is 7.18. The molecule has 0 fully saturated rings. The van der Waals surface area contributed by atoms with Gasteiger partial charge in [-0.05, 0) is 61.1 Å². The normalized spacial score (nSPS) is 17.4. The van der Waals surface area contributed by atoms with Crippen LogP contribution in [0.1, 0.15) is 62.4 Å². The van der Waals surface area contributed by atoms with Crippen molar-refractivity contribution in [3.8, 4) is 0 Å². The molecule has 182 valence electrons. The highest BCUT2D eigenvalue weighted by Crippen LogP contribution is 2.32. The summed E-state index contributed by atoms with van der Waals surface area (Å²) in [5.74, 6) is 0.114. The lowest BCUT2D eigenvalue weighted by atomic mass is 9.88. The number of aliphatic imine (C=N–C) groups is 1. The summed E-state index contributed by atoms with van der Waals surface area (Å²) in [6.45, 7) is 7.92. The fourth-order valence-corrected chi connectivity index (χ4v) is 4.15. The summed E-state index contributed by atoms with van der Waals surface area (Å²) in [4.78, 5) is 31.9. The molecule has 0 saturated carbocycles. The Morgan fingerprint density at radius 1 is 1.09 bits per heavy atom. The van der Waals surface area contributed by atoms with Crippen LogP contribution in [-0.2, 0) is 14.3 Å². The van der Waals surface area contributed by atoms with Crippen molar-refractivity contribution in [2.24, 2.45) is 10.7 Å². The molecule has 7 nitrogen and oxygen atoms in total. The van der Waals surface area contributed by atoms with Crippen LogP contribution in [0.3, 0.4) is 0 Å². The molecule has 1 aliphatic heterocycles. The Hall–Kier alpha value is -3.19. The second-order valence-electron chi connectivity index (χ2n) is 8.46. The fourth-order valence-electron chi connectivity index (χ4n) is 4.15. The molecule has 0 aromatic heterocycles. The smallest absolute Gasteiger partial charge is 0.340 e. The fraction of sp³-hybridized carbons (Fsp3) is 0.444. The van der Waals surface area contributed by atoms with Gasteiger partial charge in [-0.15, -0.1) is 0 Å². The van der Waals surface area contributed by atoms with Gasteiger partial charge < -0.3 is 20.1 Å². The highest BCUT2D eigenvalue weighted by molar-refractivity contribution is 6.01. The number of ether oxygens (including phenoxy) is 2. The van der Waals surface area contributed by atoms with Crippen molar-refractivity contribution >= 4 is 23.3 Å². The number of fused-ring (bicyclic) bond motifs is 1. The summed E-state index contributed by atoms with van der Waals surface area (Å²) in [6.07, 6.45) is 8.93. The minimum atomic E-state index is -0.413. The van der Waals surface area contributed by atoms with Crippen LogP contribution in [0.5, 0.6) is 0 Å². The molecule has 7 heteroatoms. The van der Waals surface area contributed by atoms with Crippen molar-refractivity contribution < 1.29 is 19.1 Å². The molecule has 0 bridgehead atoms. The quantitative estimate of drug-likeness (QED) is 0.317. The molecule has 1 heterocycles. The summed E-state index contributed by atoms with van der Waals surface area (Å²) >= 11 is 0. The van der Waals surface area contributed by atoms with Crippen LogP contribution in [0.2, 0.25) is 0 Å². The molecule has 1 unspecified atom stereocenters. The Morgan fingerprint density at radius 2 is 1.79 bits per heavy atom. The standard InChI is InChI=1S/C27H35N3O4/c1-4-13-30(14-5-2)26(31)23-15-22-12-11-21(16-24(22)29-25(28)17-23)19-7-9-20(10-8-19)27(32)34-18-33-6-3/h7-12,15,24H,4-6,13-14,16-18H2,1-3H3,(H2,28,29). The van der Waals surface area contributed by atoms with Gasteiger partial charge in [-0.3, -0.25) is 9.79 Å². The molecule has 1 aliphatic carbocycles. The zero-order chi connectivity index (χ0) is 24.5. The van der Waals surface area contributed by atoms with Crippen molar-refractivity contribution in [3.05, 3.63) is 64.8 Å². The number of amidine groups is 1. The van der Waals surface area contributed by atoms with E-state index in [1.54, 1.807) is 12.1 Å². The predicted molar refractivity (Wildman–Crippen MR) is 134 cm³/mol. The van der Waals surface area contributed by atoms with Gasteiger partial charge in [0.2, 0.25) is 5.91 Å². The SMILES string of the molecule is CCCN(CCC)C(=O)C1=CC2=CC=C(c3ccc(C(=O)OCOCC)cc3)CC2N=C(N)C1. The number of nitrogens with zero attached hydrogens (tertiary/aromatic N) is 2. The maximum Gasteiger partial charge on any atom is 0.340 e. The Balaban J connectivity index is 1.79.